The van der Waals surface area contributed by atoms with E-state index in [1.807, 2.05) is 0 Å². The van der Waals surface area contributed by atoms with E-state index in [-0.39, 0.29) is 23.7 Å². The Bertz CT molecular complexity index is 511. The van der Waals surface area contributed by atoms with Gasteiger partial charge in [0, 0.05) is 19.0 Å². The number of carbonyl (C=O) groups is 2. The van der Waals surface area contributed by atoms with Crippen LogP contribution < -0.4 is 4.74 Å². The number of aliphatic carboxylic acids is 1. The lowest BCUT2D eigenvalue weighted by molar-refractivity contribution is -0.139. The second kappa shape index (κ2) is 5.26. The minimum atomic E-state index is -0.888. The van der Waals surface area contributed by atoms with Crippen molar-refractivity contribution in [1.29, 1.82) is 0 Å². The van der Waals surface area contributed by atoms with Gasteiger partial charge in [0.2, 0.25) is 0 Å². The molecular formula is C13H14FNO4. The number of likely N-dealkylation sites (tertiary alicyclic amines) is 1. The zero-order valence-electron chi connectivity index (χ0n) is 10.4. The molecule has 1 aromatic rings. The van der Waals surface area contributed by atoms with Gasteiger partial charge < -0.3 is 14.7 Å². The summed E-state index contributed by atoms with van der Waals surface area (Å²) >= 11 is 0. The number of amides is 1. The first-order chi connectivity index (χ1) is 9.02. The zero-order chi connectivity index (χ0) is 14.0. The van der Waals surface area contributed by atoms with Crippen molar-refractivity contribution >= 4 is 11.9 Å². The highest BCUT2D eigenvalue weighted by atomic mass is 19.1. The van der Waals surface area contributed by atoms with Crippen molar-refractivity contribution in [3.8, 4) is 5.75 Å². The molecule has 1 aliphatic heterocycles. The molecule has 0 saturated carbocycles. The van der Waals surface area contributed by atoms with Crippen LogP contribution in [0.4, 0.5) is 4.39 Å². The van der Waals surface area contributed by atoms with Crippen LogP contribution in [0.15, 0.2) is 18.2 Å². The first-order valence-electron chi connectivity index (χ1n) is 5.86. The molecule has 0 unspecified atom stereocenters. The minimum absolute atomic E-state index is 0.0260. The van der Waals surface area contributed by atoms with E-state index >= 15 is 0 Å². The monoisotopic (exact) mass is 267 g/mol. The van der Waals surface area contributed by atoms with Crippen molar-refractivity contribution < 1.29 is 23.8 Å². The lowest BCUT2D eigenvalue weighted by Gasteiger charge is -2.38. The van der Waals surface area contributed by atoms with Crippen LogP contribution in [0.25, 0.3) is 0 Å². The van der Waals surface area contributed by atoms with Gasteiger partial charge in [-0.3, -0.25) is 9.59 Å². The van der Waals surface area contributed by atoms with Crippen LogP contribution in [-0.2, 0) is 4.79 Å². The molecule has 2 rings (SSSR count). The lowest BCUT2D eigenvalue weighted by Crippen LogP contribution is -2.50. The van der Waals surface area contributed by atoms with Crippen molar-refractivity contribution in [3.63, 3.8) is 0 Å². The van der Waals surface area contributed by atoms with Crippen molar-refractivity contribution in [2.45, 2.75) is 6.42 Å². The summed E-state index contributed by atoms with van der Waals surface area (Å²) in [6, 6.07) is 4.18. The highest BCUT2D eigenvalue weighted by molar-refractivity contribution is 5.97. The third-order valence-corrected chi connectivity index (χ3v) is 3.12. The average molecular weight is 267 g/mol. The summed E-state index contributed by atoms with van der Waals surface area (Å²) in [5.74, 6) is -1.85. The molecule has 1 aromatic carbocycles. The number of benzene rings is 1. The summed E-state index contributed by atoms with van der Waals surface area (Å²) < 4.78 is 18.7. The number of nitrogens with zero attached hydrogens (tertiary/aromatic N) is 1. The number of carbonyl (C=O) groups excluding carboxylic acids is 1. The average Bonchev–Trinajstić information content (AvgIpc) is 2.31. The van der Waals surface area contributed by atoms with E-state index in [1.165, 1.54) is 30.2 Å². The van der Waals surface area contributed by atoms with Gasteiger partial charge in [-0.25, -0.2) is 4.39 Å². The van der Waals surface area contributed by atoms with Gasteiger partial charge in [0.15, 0.2) is 0 Å². The smallest absolute Gasteiger partial charge is 0.303 e. The molecule has 0 spiro atoms. The Hall–Kier alpha value is -2.11. The molecule has 1 amide bonds. The van der Waals surface area contributed by atoms with Crippen molar-refractivity contribution in [2.24, 2.45) is 5.92 Å². The van der Waals surface area contributed by atoms with Crippen LogP contribution in [0, 0.1) is 11.7 Å². The molecule has 5 nitrogen and oxygen atoms in total. The van der Waals surface area contributed by atoms with Gasteiger partial charge in [-0.15, -0.1) is 0 Å². The van der Waals surface area contributed by atoms with Gasteiger partial charge in [-0.1, -0.05) is 6.07 Å². The third-order valence-electron chi connectivity index (χ3n) is 3.12. The fourth-order valence-electron chi connectivity index (χ4n) is 2.15. The summed E-state index contributed by atoms with van der Waals surface area (Å²) in [5, 5.41) is 8.63. The molecule has 1 N–H and O–H groups in total. The molecule has 0 radical (unpaired) electrons. The number of hydrogen-bond acceptors (Lipinski definition) is 3. The summed E-state index contributed by atoms with van der Waals surface area (Å²) in [5.41, 5.74) is -0.0984. The Balaban J connectivity index is 2.08. The summed E-state index contributed by atoms with van der Waals surface area (Å²) in [7, 11) is 1.37. The molecule has 1 saturated heterocycles. The molecule has 19 heavy (non-hydrogen) atoms. The fraction of sp³-hybridized carbons (Fsp3) is 0.385. The van der Waals surface area contributed by atoms with E-state index in [4.69, 9.17) is 9.84 Å². The van der Waals surface area contributed by atoms with Crippen LogP contribution >= 0.6 is 0 Å². The number of rotatable bonds is 4. The van der Waals surface area contributed by atoms with Gasteiger partial charge in [0.05, 0.1) is 13.5 Å². The number of methoxy groups -OCH3 is 1. The molecule has 6 heteroatoms. The van der Waals surface area contributed by atoms with E-state index in [0.29, 0.717) is 13.1 Å². The Labute approximate surface area is 109 Å². The highest BCUT2D eigenvalue weighted by Crippen LogP contribution is 2.27. The molecule has 0 aliphatic carbocycles. The SMILES string of the molecule is COc1cccc(F)c1C(=O)N1CC(CC(=O)O)C1. The molecule has 102 valence electrons. The second-order valence-corrected chi connectivity index (χ2v) is 4.49. The lowest BCUT2D eigenvalue weighted by atomic mass is 9.95. The predicted octanol–water partition coefficient (Wildman–Crippen LogP) is 1.38. The van der Waals surface area contributed by atoms with Gasteiger partial charge in [-0.2, -0.15) is 0 Å². The third kappa shape index (κ3) is 2.67. The number of hydrogen-bond donors (Lipinski definition) is 1. The summed E-state index contributed by atoms with van der Waals surface area (Å²) in [6.45, 7) is 0.672. The Morgan fingerprint density at radius 3 is 2.74 bits per heavy atom. The quantitative estimate of drug-likeness (QED) is 0.895. The molecule has 0 atom stereocenters. The van der Waals surface area contributed by atoms with E-state index in [0.717, 1.165) is 0 Å². The number of ether oxygens (including phenoxy) is 1. The highest BCUT2D eigenvalue weighted by Gasteiger charge is 2.34. The van der Waals surface area contributed by atoms with Crippen molar-refractivity contribution in [2.75, 3.05) is 20.2 Å². The number of carboxylic acid groups (broad SMARTS) is 1. The van der Waals surface area contributed by atoms with Crippen LogP contribution in [0.5, 0.6) is 5.75 Å². The van der Waals surface area contributed by atoms with E-state index < -0.39 is 17.7 Å². The molecular weight excluding hydrogens is 253 g/mol. The Morgan fingerprint density at radius 1 is 1.47 bits per heavy atom. The summed E-state index contributed by atoms with van der Waals surface area (Å²) in [4.78, 5) is 24.1. The molecule has 1 aliphatic rings. The number of carboxylic acids is 1. The minimum Gasteiger partial charge on any atom is -0.496 e. The second-order valence-electron chi connectivity index (χ2n) is 4.49. The van der Waals surface area contributed by atoms with Crippen molar-refractivity contribution in [1.82, 2.24) is 4.90 Å². The van der Waals surface area contributed by atoms with Gasteiger partial charge in [0.1, 0.15) is 17.1 Å². The van der Waals surface area contributed by atoms with E-state index in [9.17, 15) is 14.0 Å². The maximum absolute atomic E-state index is 13.7. The van der Waals surface area contributed by atoms with Gasteiger partial charge in [-0.05, 0) is 12.1 Å². The van der Waals surface area contributed by atoms with E-state index in [2.05, 4.69) is 0 Å². The fourth-order valence-corrected chi connectivity index (χ4v) is 2.15. The normalized spacial score (nSPS) is 14.9. The standard InChI is InChI=1S/C13H14FNO4/c1-19-10-4-2-3-9(14)12(10)13(18)15-6-8(7-15)5-11(16)17/h2-4,8H,5-7H2,1H3,(H,16,17). The zero-order valence-corrected chi connectivity index (χ0v) is 10.4. The molecule has 1 heterocycles. The molecule has 1 fully saturated rings. The van der Waals surface area contributed by atoms with Crippen LogP contribution in [0.2, 0.25) is 0 Å². The topological polar surface area (TPSA) is 66.8 Å². The molecule has 0 bridgehead atoms. The maximum atomic E-state index is 13.7. The van der Waals surface area contributed by atoms with Crippen molar-refractivity contribution in [3.05, 3.63) is 29.6 Å². The largest absolute Gasteiger partial charge is 0.496 e. The number of halogens is 1. The summed E-state index contributed by atoms with van der Waals surface area (Å²) in [6.07, 6.45) is 0.0260. The first-order valence-corrected chi connectivity index (χ1v) is 5.86. The first kappa shape index (κ1) is 13.3. The molecule has 0 aromatic heterocycles. The van der Waals surface area contributed by atoms with Gasteiger partial charge in [0.25, 0.3) is 5.91 Å². The predicted molar refractivity (Wildman–Crippen MR) is 64.6 cm³/mol. The van der Waals surface area contributed by atoms with Crippen LogP contribution in [0.1, 0.15) is 16.8 Å². The Morgan fingerprint density at radius 2 is 2.16 bits per heavy atom. The van der Waals surface area contributed by atoms with Crippen LogP contribution in [0.3, 0.4) is 0 Å². The maximum Gasteiger partial charge on any atom is 0.303 e. The van der Waals surface area contributed by atoms with E-state index in [1.54, 1.807) is 0 Å². The van der Waals surface area contributed by atoms with Gasteiger partial charge >= 0.3 is 5.97 Å². The Kier molecular flexibility index (Phi) is 3.69. The van der Waals surface area contributed by atoms with Crippen LogP contribution in [-0.4, -0.2) is 42.1 Å².